The third-order valence-electron chi connectivity index (χ3n) is 4.21. The number of hydrogen-bond acceptors (Lipinski definition) is 6. The Morgan fingerprint density at radius 3 is 2.81 bits per heavy atom. The topological polar surface area (TPSA) is 98.1 Å². The molecule has 0 spiro atoms. The quantitative estimate of drug-likeness (QED) is 0.467. The number of rotatable bonds is 5. The van der Waals surface area contributed by atoms with E-state index < -0.39 is 5.97 Å². The van der Waals surface area contributed by atoms with Gasteiger partial charge in [-0.05, 0) is 31.6 Å². The highest BCUT2D eigenvalue weighted by Crippen LogP contribution is 2.37. The molecule has 8 nitrogen and oxygen atoms in total. The van der Waals surface area contributed by atoms with Crippen LogP contribution in [0, 0.1) is 0 Å². The van der Waals surface area contributed by atoms with Crippen molar-refractivity contribution < 1.29 is 14.7 Å². The smallest absolute Gasteiger partial charge is 0.354 e. The maximum atomic E-state index is 10.9. The molecule has 1 aromatic heterocycles. The van der Waals surface area contributed by atoms with Gasteiger partial charge in [-0.15, -0.1) is 0 Å². The second-order valence-electron chi connectivity index (χ2n) is 5.78. The van der Waals surface area contributed by atoms with Crippen LogP contribution in [0.1, 0.15) is 31.3 Å². The summed E-state index contributed by atoms with van der Waals surface area (Å²) in [6.45, 7) is 7.29. The zero-order chi connectivity index (χ0) is 19.1. The number of nitrogens with one attached hydrogen (secondary N) is 1. The average molecular weight is 373 g/mol. The van der Waals surface area contributed by atoms with Gasteiger partial charge in [0.05, 0.1) is 5.69 Å². The molecule has 146 valence electrons. The second kappa shape index (κ2) is 10.1. The molecule has 3 rings (SSSR count). The van der Waals surface area contributed by atoms with E-state index in [4.69, 9.17) is 5.11 Å². The van der Waals surface area contributed by atoms with Crippen LogP contribution < -0.4 is 15.1 Å². The molecule has 1 aromatic rings. The van der Waals surface area contributed by atoms with E-state index in [0.717, 1.165) is 31.0 Å². The first-order chi connectivity index (χ1) is 12.5. The Labute approximate surface area is 159 Å². The van der Waals surface area contributed by atoms with Gasteiger partial charge in [-0.3, -0.25) is 4.79 Å². The van der Waals surface area contributed by atoms with Crippen molar-refractivity contribution in [2.75, 3.05) is 29.9 Å². The number of allylic oxidation sites excluding steroid dienone is 2. The van der Waals surface area contributed by atoms with E-state index in [1.54, 1.807) is 31.4 Å². The van der Waals surface area contributed by atoms with Gasteiger partial charge in [0.2, 0.25) is 6.41 Å². The third-order valence-corrected chi connectivity index (χ3v) is 4.21. The molecule has 2 aliphatic rings. The van der Waals surface area contributed by atoms with Crippen molar-refractivity contribution in [3.8, 4) is 0 Å². The van der Waals surface area contributed by atoms with Crippen LogP contribution >= 0.6 is 0 Å². The van der Waals surface area contributed by atoms with Gasteiger partial charge in [-0.1, -0.05) is 20.1 Å². The molecule has 2 bridgehead atoms. The Hall–Kier alpha value is -3.16. The highest BCUT2D eigenvalue weighted by molar-refractivity contribution is 5.87. The fraction of sp³-hybridized carbons (Fsp3) is 0.368. The Bertz CT molecular complexity index is 745. The van der Waals surface area contributed by atoms with E-state index in [0.29, 0.717) is 18.3 Å². The molecular weight excluding hydrogens is 346 g/mol. The van der Waals surface area contributed by atoms with E-state index in [1.807, 2.05) is 13.1 Å². The number of pyridine rings is 1. The highest BCUT2D eigenvalue weighted by atomic mass is 16.4. The van der Waals surface area contributed by atoms with Crippen molar-refractivity contribution in [2.24, 2.45) is 4.99 Å². The summed E-state index contributed by atoms with van der Waals surface area (Å²) in [5.74, 6) is 0.324. The van der Waals surface area contributed by atoms with Crippen LogP contribution in [0.25, 0.3) is 0 Å². The molecule has 0 aromatic carbocycles. The molecule has 0 aliphatic carbocycles. The first kappa shape index (κ1) is 21.9. The molecule has 0 radical (unpaired) electrons. The van der Waals surface area contributed by atoms with Crippen molar-refractivity contribution in [1.29, 1.82) is 0 Å². The van der Waals surface area contributed by atoms with Gasteiger partial charge in [0, 0.05) is 32.4 Å². The number of likely N-dealkylation sites (N-methyl/N-ethyl adjacent to an activating group) is 1. The minimum Gasteiger partial charge on any atom is -0.477 e. The van der Waals surface area contributed by atoms with E-state index in [9.17, 15) is 9.59 Å². The Morgan fingerprint density at radius 2 is 2.22 bits per heavy atom. The number of fused-ring (bicyclic) bond motifs is 4. The predicted octanol–water partition coefficient (Wildman–Crippen LogP) is 2.29. The molecule has 1 unspecified atom stereocenters. The third kappa shape index (κ3) is 5.16. The van der Waals surface area contributed by atoms with Crippen LogP contribution in [0.4, 0.5) is 11.5 Å². The minimum absolute atomic E-state index is 0. The average Bonchev–Trinajstić information content (AvgIpc) is 3.07. The maximum Gasteiger partial charge on any atom is 0.354 e. The number of carboxylic acids is 1. The lowest BCUT2D eigenvalue weighted by Crippen LogP contribution is -2.40. The summed E-state index contributed by atoms with van der Waals surface area (Å²) in [5, 5.41) is 11.3. The standard InChI is InChI=1S/C11H13N3O2.C7H10N2O.CH4/c1-13-7-4-5-14(6-7)9-3-2-8(11(15)16)12-10(9)13;1-3-5-7(8-4-2)9-6-10;/h2-3,7H,4-6H2,1H3,(H,15,16);3-6H,1H2,2H3,(H,9,10);1H4/b;7-5+,8-4-;. The van der Waals surface area contributed by atoms with Gasteiger partial charge in [0.25, 0.3) is 0 Å². The zero-order valence-corrected chi connectivity index (χ0v) is 14.9. The molecule has 27 heavy (non-hydrogen) atoms. The number of nitrogens with zero attached hydrogens (tertiary/aromatic N) is 4. The number of aliphatic imine (C=N–C) groups is 1. The Kier molecular flexibility index (Phi) is 8.19. The number of carboxylic acid groups (broad SMARTS) is 1. The van der Waals surface area contributed by atoms with Gasteiger partial charge < -0.3 is 20.2 Å². The van der Waals surface area contributed by atoms with Crippen molar-refractivity contribution in [3.05, 3.63) is 42.4 Å². The van der Waals surface area contributed by atoms with Crippen LogP contribution in [-0.2, 0) is 4.79 Å². The van der Waals surface area contributed by atoms with Gasteiger partial charge in [-0.2, -0.15) is 0 Å². The SMILES string of the molecule is C.C=C/C=C(\N=C/C)NC=O.CN1c2nc(C(=O)O)ccc2N2CCC1C2. The van der Waals surface area contributed by atoms with Gasteiger partial charge in [0.1, 0.15) is 5.82 Å². The molecule has 1 saturated heterocycles. The van der Waals surface area contributed by atoms with E-state index in [2.05, 4.69) is 31.7 Å². The van der Waals surface area contributed by atoms with E-state index in [-0.39, 0.29) is 13.1 Å². The van der Waals surface area contributed by atoms with Crippen LogP contribution in [0.2, 0.25) is 0 Å². The van der Waals surface area contributed by atoms with E-state index >= 15 is 0 Å². The number of amides is 1. The summed E-state index contributed by atoms with van der Waals surface area (Å²) in [6, 6.07) is 3.92. The van der Waals surface area contributed by atoms with Crippen LogP contribution in [0.3, 0.4) is 0 Å². The Balaban J connectivity index is 0.000000292. The maximum absolute atomic E-state index is 10.9. The van der Waals surface area contributed by atoms with Crippen molar-refractivity contribution in [3.63, 3.8) is 0 Å². The number of carbonyl (C=O) groups is 2. The highest BCUT2D eigenvalue weighted by Gasteiger charge is 2.35. The first-order valence-corrected chi connectivity index (χ1v) is 8.25. The van der Waals surface area contributed by atoms with Crippen LogP contribution in [0.5, 0.6) is 0 Å². The lowest BCUT2D eigenvalue weighted by molar-refractivity contribution is -0.108. The summed E-state index contributed by atoms with van der Waals surface area (Å²) in [6.07, 6.45) is 6.44. The summed E-state index contributed by atoms with van der Waals surface area (Å²) in [4.78, 5) is 33.2. The summed E-state index contributed by atoms with van der Waals surface area (Å²) in [7, 11) is 1.99. The summed E-state index contributed by atoms with van der Waals surface area (Å²) >= 11 is 0. The molecule has 2 N–H and O–H groups in total. The lowest BCUT2D eigenvalue weighted by atomic mass is 10.2. The number of aromatic carboxylic acids is 1. The molecule has 0 saturated carbocycles. The molecule has 2 aliphatic heterocycles. The van der Waals surface area contributed by atoms with E-state index in [1.165, 1.54) is 0 Å². The minimum atomic E-state index is -0.968. The number of aromatic nitrogens is 1. The lowest BCUT2D eigenvalue weighted by Gasteiger charge is -2.34. The number of anilines is 2. The van der Waals surface area contributed by atoms with Crippen LogP contribution in [-0.4, -0.2) is 54.9 Å². The monoisotopic (exact) mass is 373 g/mol. The van der Waals surface area contributed by atoms with Crippen LogP contribution in [0.15, 0.2) is 41.7 Å². The molecule has 1 atom stereocenters. The number of carbonyl (C=O) groups excluding carboxylic acids is 1. The van der Waals surface area contributed by atoms with Gasteiger partial charge in [0.15, 0.2) is 11.5 Å². The molecule has 8 heteroatoms. The molecule has 3 heterocycles. The largest absolute Gasteiger partial charge is 0.477 e. The van der Waals surface area contributed by atoms with Gasteiger partial charge in [-0.25, -0.2) is 14.8 Å². The normalized spacial score (nSPS) is 17.4. The summed E-state index contributed by atoms with van der Waals surface area (Å²) in [5.41, 5.74) is 1.18. The molecular formula is C19H27N5O3. The first-order valence-electron chi connectivity index (χ1n) is 8.25. The van der Waals surface area contributed by atoms with Crippen molar-refractivity contribution in [2.45, 2.75) is 26.8 Å². The van der Waals surface area contributed by atoms with Gasteiger partial charge >= 0.3 is 5.97 Å². The number of hydrogen-bond donors (Lipinski definition) is 2. The zero-order valence-electron chi connectivity index (χ0n) is 14.9. The van der Waals surface area contributed by atoms with Crippen molar-refractivity contribution in [1.82, 2.24) is 10.3 Å². The van der Waals surface area contributed by atoms with Crippen molar-refractivity contribution >= 4 is 30.1 Å². The fourth-order valence-corrected chi connectivity index (χ4v) is 2.96. The Morgan fingerprint density at radius 1 is 1.48 bits per heavy atom. The second-order valence-corrected chi connectivity index (χ2v) is 5.78. The molecule has 1 fully saturated rings. The molecule has 1 amide bonds. The predicted molar refractivity (Wildman–Crippen MR) is 109 cm³/mol. The summed E-state index contributed by atoms with van der Waals surface area (Å²) < 4.78 is 0. The fourth-order valence-electron chi connectivity index (χ4n) is 2.96.